The lowest BCUT2D eigenvalue weighted by Crippen LogP contribution is -2.40. The predicted octanol–water partition coefficient (Wildman–Crippen LogP) is 3.34. The Morgan fingerprint density at radius 2 is 2.05 bits per heavy atom. The summed E-state index contributed by atoms with van der Waals surface area (Å²) in [4.78, 5) is 18.8. The maximum absolute atomic E-state index is 12.5. The van der Waals surface area contributed by atoms with Gasteiger partial charge in [-0.15, -0.1) is 0 Å². The van der Waals surface area contributed by atoms with E-state index in [9.17, 15) is 4.79 Å². The highest BCUT2D eigenvalue weighted by Crippen LogP contribution is 2.29. The molecular formula is C19H22N2O. The standard InChI is InChI=1S/C19H22N2O/c1-15-7-2-3-10-18(15)16-8-6-12-21(14-16)19(22)13-17-9-4-5-11-20-17/h2-5,7,9-11,16H,6,8,12-14H2,1H3/t16-/m0/s1. The Bertz CT molecular complexity index is 639. The van der Waals surface area contributed by atoms with Crippen molar-refractivity contribution >= 4 is 5.91 Å². The van der Waals surface area contributed by atoms with E-state index in [0.29, 0.717) is 12.3 Å². The molecule has 1 fully saturated rings. The summed E-state index contributed by atoms with van der Waals surface area (Å²) in [5, 5.41) is 0. The molecule has 1 aromatic heterocycles. The van der Waals surface area contributed by atoms with Crippen LogP contribution < -0.4 is 0 Å². The summed E-state index contributed by atoms with van der Waals surface area (Å²) in [7, 11) is 0. The SMILES string of the molecule is Cc1ccccc1[C@H]1CCCN(C(=O)Cc2ccccn2)C1. The third-order valence-electron chi connectivity index (χ3n) is 4.46. The summed E-state index contributed by atoms with van der Waals surface area (Å²) in [6.07, 6.45) is 4.39. The number of pyridine rings is 1. The van der Waals surface area contributed by atoms with Crippen molar-refractivity contribution in [2.45, 2.75) is 32.1 Å². The number of rotatable bonds is 3. The number of benzene rings is 1. The Labute approximate surface area is 132 Å². The van der Waals surface area contributed by atoms with Gasteiger partial charge in [-0.1, -0.05) is 30.3 Å². The molecule has 0 unspecified atom stereocenters. The van der Waals surface area contributed by atoms with Crippen LogP contribution in [0.3, 0.4) is 0 Å². The van der Waals surface area contributed by atoms with Crippen LogP contribution in [0.1, 0.15) is 35.6 Å². The first-order valence-corrected chi connectivity index (χ1v) is 7.97. The Morgan fingerprint density at radius 1 is 1.23 bits per heavy atom. The number of likely N-dealkylation sites (tertiary alicyclic amines) is 1. The molecule has 3 nitrogen and oxygen atoms in total. The van der Waals surface area contributed by atoms with E-state index in [2.05, 4.69) is 36.2 Å². The zero-order valence-electron chi connectivity index (χ0n) is 13.0. The van der Waals surface area contributed by atoms with Crippen LogP contribution in [-0.2, 0) is 11.2 Å². The van der Waals surface area contributed by atoms with Crippen molar-refractivity contribution in [1.82, 2.24) is 9.88 Å². The summed E-state index contributed by atoms with van der Waals surface area (Å²) >= 11 is 0. The quantitative estimate of drug-likeness (QED) is 0.870. The molecule has 0 N–H and O–H groups in total. The third kappa shape index (κ3) is 3.35. The van der Waals surface area contributed by atoms with Crippen LogP contribution in [-0.4, -0.2) is 28.9 Å². The summed E-state index contributed by atoms with van der Waals surface area (Å²) in [5.74, 6) is 0.652. The molecule has 2 heterocycles. The van der Waals surface area contributed by atoms with Gasteiger partial charge in [0, 0.05) is 30.9 Å². The molecule has 1 amide bonds. The van der Waals surface area contributed by atoms with E-state index in [0.717, 1.165) is 31.6 Å². The highest BCUT2D eigenvalue weighted by molar-refractivity contribution is 5.78. The summed E-state index contributed by atoms with van der Waals surface area (Å²) in [5.41, 5.74) is 3.56. The summed E-state index contributed by atoms with van der Waals surface area (Å²) < 4.78 is 0. The fraction of sp³-hybridized carbons (Fsp3) is 0.368. The van der Waals surface area contributed by atoms with Gasteiger partial charge < -0.3 is 4.90 Å². The molecule has 0 spiro atoms. The molecule has 0 bridgehead atoms. The highest BCUT2D eigenvalue weighted by atomic mass is 16.2. The minimum absolute atomic E-state index is 0.192. The summed E-state index contributed by atoms with van der Waals surface area (Å²) in [6.45, 7) is 3.86. The third-order valence-corrected chi connectivity index (χ3v) is 4.46. The normalized spacial score (nSPS) is 18.2. The van der Waals surface area contributed by atoms with Crippen molar-refractivity contribution in [1.29, 1.82) is 0 Å². The van der Waals surface area contributed by atoms with Crippen LogP contribution in [0.5, 0.6) is 0 Å². The van der Waals surface area contributed by atoms with Gasteiger partial charge in [0.25, 0.3) is 0 Å². The van der Waals surface area contributed by atoms with Gasteiger partial charge in [-0.05, 0) is 43.0 Å². The minimum atomic E-state index is 0.192. The van der Waals surface area contributed by atoms with E-state index in [4.69, 9.17) is 0 Å². The highest BCUT2D eigenvalue weighted by Gasteiger charge is 2.25. The Balaban J connectivity index is 1.68. The van der Waals surface area contributed by atoms with Crippen LogP contribution in [0.4, 0.5) is 0 Å². The van der Waals surface area contributed by atoms with Crippen LogP contribution in [0.15, 0.2) is 48.7 Å². The van der Waals surface area contributed by atoms with Gasteiger partial charge in [-0.2, -0.15) is 0 Å². The van der Waals surface area contributed by atoms with E-state index in [1.165, 1.54) is 11.1 Å². The molecular weight excluding hydrogens is 272 g/mol. The second kappa shape index (κ2) is 6.73. The second-order valence-electron chi connectivity index (χ2n) is 6.03. The first-order chi connectivity index (χ1) is 10.7. The zero-order valence-corrected chi connectivity index (χ0v) is 13.0. The lowest BCUT2D eigenvalue weighted by atomic mass is 9.88. The molecule has 1 aliphatic heterocycles. The Hall–Kier alpha value is -2.16. The fourth-order valence-corrected chi connectivity index (χ4v) is 3.27. The number of piperidine rings is 1. The largest absolute Gasteiger partial charge is 0.342 e. The van der Waals surface area contributed by atoms with Gasteiger partial charge in [0.15, 0.2) is 0 Å². The van der Waals surface area contributed by atoms with Gasteiger partial charge in [0.05, 0.1) is 6.42 Å². The van der Waals surface area contributed by atoms with Crippen molar-refractivity contribution in [3.8, 4) is 0 Å². The smallest absolute Gasteiger partial charge is 0.228 e. The van der Waals surface area contributed by atoms with Gasteiger partial charge in [0.2, 0.25) is 5.91 Å². The lowest BCUT2D eigenvalue weighted by molar-refractivity contribution is -0.131. The molecule has 1 atom stereocenters. The lowest BCUT2D eigenvalue weighted by Gasteiger charge is -2.33. The number of aryl methyl sites for hydroxylation is 1. The maximum Gasteiger partial charge on any atom is 0.228 e. The van der Waals surface area contributed by atoms with E-state index in [1.54, 1.807) is 6.20 Å². The van der Waals surface area contributed by atoms with Crippen molar-refractivity contribution in [2.24, 2.45) is 0 Å². The Kier molecular flexibility index (Phi) is 4.52. The van der Waals surface area contributed by atoms with E-state index < -0.39 is 0 Å². The molecule has 114 valence electrons. The number of amides is 1. The van der Waals surface area contributed by atoms with Crippen LogP contribution in [0, 0.1) is 6.92 Å². The number of aromatic nitrogens is 1. The molecule has 3 heteroatoms. The van der Waals surface area contributed by atoms with Gasteiger partial charge >= 0.3 is 0 Å². The number of hydrogen-bond donors (Lipinski definition) is 0. The number of hydrogen-bond acceptors (Lipinski definition) is 2. The average molecular weight is 294 g/mol. The predicted molar refractivity (Wildman–Crippen MR) is 87.7 cm³/mol. The van der Waals surface area contributed by atoms with Crippen LogP contribution >= 0.6 is 0 Å². The molecule has 1 aromatic carbocycles. The molecule has 0 aliphatic carbocycles. The molecule has 22 heavy (non-hydrogen) atoms. The first kappa shape index (κ1) is 14.8. The van der Waals surface area contributed by atoms with E-state index >= 15 is 0 Å². The minimum Gasteiger partial charge on any atom is -0.342 e. The monoisotopic (exact) mass is 294 g/mol. The molecule has 1 saturated heterocycles. The van der Waals surface area contributed by atoms with Gasteiger partial charge in [-0.25, -0.2) is 0 Å². The number of carbonyl (C=O) groups is 1. The van der Waals surface area contributed by atoms with Crippen molar-refractivity contribution in [2.75, 3.05) is 13.1 Å². The summed E-state index contributed by atoms with van der Waals surface area (Å²) in [6, 6.07) is 14.3. The van der Waals surface area contributed by atoms with E-state index in [1.807, 2.05) is 23.1 Å². The van der Waals surface area contributed by atoms with Crippen LogP contribution in [0.2, 0.25) is 0 Å². The molecule has 0 radical (unpaired) electrons. The topological polar surface area (TPSA) is 33.2 Å². The maximum atomic E-state index is 12.5. The first-order valence-electron chi connectivity index (χ1n) is 7.97. The number of carbonyl (C=O) groups excluding carboxylic acids is 1. The molecule has 3 rings (SSSR count). The van der Waals surface area contributed by atoms with Crippen molar-refractivity contribution in [3.05, 3.63) is 65.5 Å². The molecule has 0 saturated carbocycles. The van der Waals surface area contributed by atoms with Gasteiger partial charge in [-0.3, -0.25) is 9.78 Å². The zero-order chi connectivity index (χ0) is 15.4. The molecule has 2 aromatic rings. The van der Waals surface area contributed by atoms with Crippen LogP contribution in [0.25, 0.3) is 0 Å². The Morgan fingerprint density at radius 3 is 2.82 bits per heavy atom. The fourth-order valence-electron chi connectivity index (χ4n) is 3.27. The second-order valence-corrected chi connectivity index (χ2v) is 6.03. The average Bonchev–Trinajstić information content (AvgIpc) is 2.56. The van der Waals surface area contributed by atoms with Crippen molar-refractivity contribution in [3.63, 3.8) is 0 Å². The van der Waals surface area contributed by atoms with E-state index in [-0.39, 0.29) is 5.91 Å². The van der Waals surface area contributed by atoms with Crippen molar-refractivity contribution < 1.29 is 4.79 Å². The molecule has 1 aliphatic rings. The van der Waals surface area contributed by atoms with Gasteiger partial charge in [0.1, 0.15) is 0 Å². The number of nitrogens with zero attached hydrogens (tertiary/aromatic N) is 2.